The summed E-state index contributed by atoms with van der Waals surface area (Å²) in [5, 5.41) is 0. The highest BCUT2D eigenvalue weighted by molar-refractivity contribution is 6.78. The third-order valence-electron chi connectivity index (χ3n) is 7.80. The van der Waals surface area contributed by atoms with E-state index in [9.17, 15) is 0 Å². The standard InChI is InChI=1S/C29H46BN/c1-7-9-10-11-15-24-18-19-26(20-24)30(31(22(3)4)23(5)6)29-21-25(14-8-2)27-16-12-13-17-28(27)29/h8,12-13,16-17,21-26H,2,7,9-11,14-15,18-20H2,1,3-6H3. The molecule has 31 heavy (non-hydrogen) atoms. The summed E-state index contributed by atoms with van der Waals surface area (Å²) in [6.45, 7) is 16.5. The monoisotopic (exact) mass is 419 g/mol. The van der Waals surface area contributed by atoms with E-state index in [2.05, 4.69) is 82.4 Å². The van der Waals surface area contributed by atoms with Crippen LogP contribution in [0.15, 0.2) is 43.0 Å². The van der Waals surface area contributed by atoms with Crippen LogP contribution in [0.3, 0.4) is 0 Å². The molecule has 0 bridgehead atoms. The molecule has 1 nitrogen and oxygen atoms in total. The molecule has 0 spiro atoms. The third kappa shape index (κ3) is 5.75. The van der Waals surface area contributed by atoms with Crippen LogP contribution in [0.25, 0.3) is 5.47 Å². The van der Waals surface area contributed by atoms with E-state index in [1.807, 2.05) is 0 Å². The fourth-order valence-corrected chi connectivity index (χ4v) is 6.53. The predicted octanol–water partition coefficient (Wildman–Crippen LogP) is 8.53. The molecule has 0 radical (unpaired) electrons. The molecule has 0 heterocycles. The highest BCUT2D eigenvalue weighted by Gasteiger charge is 2.43. The van der Waals surface area contributed by atoms with Crippen LogP contribution in [-0.2, 0) is 0 Å². The van der Waals surface area contributed by atoms with Crippen LogP contribution in [0, 0.1) is 5.92 Å². The van der Waals surface area contributed by atoms with Crippen LogP contribution < -0.4 is 0 Å². The van der Waals surface area contributed by atoms with Gasteiger partial charge in [-0.15, -0.1) is 6.58 Å². The lowest BCUT2D eigenvalue weighted by Gasteiger charge is -2.40. The first-order chi connectivity index (χ1) is 15.0. The molecule has 2 aliphatic rings. The first-order valence-electron chi connectivity index (χ1n) is 13.2. The highest BCUT2D eigenvalue weighted by atomic mass is 15.1. The number of nitrogens with zero attached hydrogens (tertiary/aromatic N) is 1. The van der Waals surface area contributed by atoms with E-state index in [0.29, 0.717) is 24.8 Å². The lowest BCUT2D eigenvalue weighted by atomic mass is 9.42. The third-order valence-corrected chi connectivity index (χ3v) is 7.80. The van der Waals surface area contributed by atoms with E-state index in [4.69, 9.17) is 0 Å². The van der Waals surface area contributed by atoms with Gasteiger partial charge in [0, 0.05) is 5.92 Å². The fraction of sp³-hybridized carbons (Fsp3) is 0.655. The van der Waals surface area contributed by atoms with Gasteiger partial charge in [-0.2, -0.15) is 0 Å². The average molecular weight is 420 g/mol. The summed E-state index contributed by atoms with van der Waals surface area (Å²) in [6.07, 6.45) is 17.0. The molecule has 0 N–H and O–H groups in total. The zero-order valence-corrected chi connectivity index (χ0v) is 20.9. The number of hydrogen-bond acceptors (Lipinski definition) is 1. The molecule has 3 rings (SSSR count). The molecule has 170 valence electrons. The Kier molecular flexibility index (Phi) is 9.08. The van der Waals surface area contributed by atoms with E-state index in [-0.39, 0.29) is 0 Å². The van der Waals surface area contributed by atoms with E-state index in [0.717, 1.165) is 18.2 Å². The Labute approximate surface area is 193 Å². The SMILES string of the molecule is C=CCC1C=C(B(C2CCC(CCCCCC)C2)N(C(C)C)C(C)C)c2ccccc21. The minimum Gasteiger partial charge on any atom is -0.333 e. The summed E-state index contributed by atoms with van der Waals surface area (Å²) in [5.74, 6) is 2.22. The van der Waals surface area contributed by atoms with Crippen molar-refractivity contribution in [2.75, 3.05) is 0 Å². The van der Waals surface area contributed by atoms with Crippen molar-refractivity contribution in [3.63, 3.8) is 0 Å². The zero-order valence-electron chi connectivity index (χ0n) is 20.9. The van der Waals surface area contributed by atoms with Crippen molar-refractivity contribution in [2.45, 2.75) is 116 Å². The lowest BCUT2D eigenvalue weighted by Crippen LogP contribution is -2.51. The summed E-state index contributed by atoms with van der Waals surface area (Å²) in [4.78, 5) is 2.82. The molecular formula is C29H46BN. The molecule has 0 amide bonds. The molecule has 0 aliphatic heterocycles. The van der Waals surface area contributed by atoms with E-state index in [1.54, 1.807) is 5.47 Å². The Morgan fingerprint density at radius 1 is 1.06 bits per heavy atom. The number of benzene rings is 1. The maximum atomic E-state index is 4.05. The second kappa shape index (κ2) is 11.5. The lowest BCUT2D eigenvalue weighted by molar-refractivity contribution is 0.300. The molecule has 1 fully saturated rings. The van der Waals surface area contributed by atoms with E-state index in [1.165, 1.54) is 62.5 Å². The van der Waals surface area contributed by atoms with Gasteiger partial charge >= 0.3 is 0 Å². The number of fused-ring (bicyclic) bond motifs is 1. The number of allylic oxidation sites excluding steroid dienone is 2. The molecule has 0 saturated heterocycles. The average Bonchev–Trinajstić information content (AvgIpc) is 3.34. The number of unbranched alkanes of at least 4 members (excludes halogenated alkanes) is 3. The van der Waals surface area contributed by atoms with Gasteiger partial charge in [0.05, 0.1) is 0 Å². The fourth-order valence-electron chi connectivity index (χ4n) is 6.53. The van der Waals surface area contributed by atoms with Crippen LogP contribution in [-0.4, -0.2) is 23.7 Å². The van der Waals surface area contributed by atoms with E-state index < -0.39 is 0 Å². The first-order valence-corrected chi connectivity index (χ1v) is 13.2. The number of rotatable bonds is 12. The van der Waals surface area contributed by atoms with Gasteiger partial charge in [-0.05, 0) is 41.4 Å². The van der Waals surface area contributed by atoms with Gasteiger partial charge in [-0.25, -0.2) is 0 Å². The second-order valence-electron chi connectivity index (χ2n) is 10.7. The Balaban J connectivity index is 1.88. The van der Waals surface area contributed by atoms with Gasteiger partial charge in [0.25, 0.3) is 6.85 Å². The van der Waals surface area contributed by atoms with Crippen molar-refractivity contribution in [1.82, 2.24) is 4.81 Å². The predicted molar refractivity (Wildman–Crippen MR) is 140 cm³/mol. The number of hydrogen-bond donors (Lipinski definition) is 0. The second-order valence-corrected chi connectivity index (χ2v) is 10.7. The van der Waals surface area contributed by atoms with Crippen LogP contribution in [0.4, 0.5) is 0 Å². The minimum atomic E-state index is 0.499. The smallest absolute Gasteiger partial charge is 0.261 e. The molecule has 1 aromatic rings. The Morgan fingerprint density at radius 2 is 1.81 bits per heavy atom. The maximum Gasteiger partial charge on any atom is 0.261 e. The van der Waals surface area contributed by atoms with Crippen molar-refractivity contribution in [2.24, 2.45) is 5.92 Å². The summed E-state index contributed by atoms with van der Waals surface area (Å²) >= 11 is 0. The van der Waals surface area contributed by atoms with Crippen molar-refractivity contribution < 1.29 is 0 Å². The molecule has 2 heteroatoms. The summed E-state index contributed by atoms with van der Waals surface area (Å²) in [6, 6.07) is 10.3. The summed E-state index contributed by atoms with van der Waals surface area (Å²) < 4.78 is 0. The molecule has 1 aromatic carbocycles. The van der Waals surface area contributed by atoms with Gasteiger partial charge in [0.2, 0.25) is 0 Å². The maximum absolute atomic E-state index is 4.05. The summed E-state index contributed by atoms with van der Waals surface area (Å²) in [5.41, 5.74) is 4.64. The molecule has 0 aromatic heterocycles. The Morgan fingerprint density at radius 3 is 2.48 bits per heavy atom. The van der Waals surface area contributed by atoms with Gasteiger partial charge in [-0.3, -0.25) is 0 Å². The van der Waals surface area contributed by atoms with Crippen molar-refractivity contribution in [3.05, 3.63) is 54.1 Å². The van der Waals surface area contributed by atoms with Crippen molar-refractivity contribution >= 4 is 12.3 Å². The Hall–Kier alpha value is -1.28. The topological polar surface area (TPSA) is 3.24 Å². The van der Waals surface area contributed by atoms with Crippen LogP contribution in [0.5, 0.6) is 0 Å². The first kappa shape index (κ1) is 24.4. The van der Waals surface area contributed by atoms with E-state index >= 15 is 0 Å². The van der Waals surface area contributed by atoms with Crippen LogP contribution in [0.1, 0.15) is 109 Å². The van der Waals surface area contributed by atoms with Crippen molar-refractivity contribution in [1.29, 1.82) is 0 Å². The van der Waals surface area contributed by atoms with Gasteiger partial charge in [-0.1, -0.05) is 128 Å². The Bertz CT molecular complexity index is 726. The normalized spacial score (nSPS) is 23.0. The van der Waals surface area contributed by atoms with Crippen molar-refractivity contribution in [3.8, 4) is 0 Å². The minimum absolute atomic E-state index is 0.499. The quantitative estimate of drug-likeness (QED) is 0.186. The van der Waals surface area contributed by atoms with Crippen LogP contribution >= 0.6 is 0 Å². The molecule has 1 saturated carbocycles. The molecular weight excluding hydrogens is 373 g/mol. The molecule has 2 aliphatic carbocycles. The van der Waals surface area contributed by atoms with Crippen LogP contribution in [0.2, 0.25) is 5.82 Å². The largest absolute Gasteiger partial charge is 0.333 e. The molecule has 3 atom stereocenters. The summed E-state index contributed by atoms with van der Waals surface area (Å²) in [7, 11) is 0. The van der Waals surface area contributed by atoms with Gasteiger partial charge in [0.1, 0.15) is 0 Å². The molecule has 3 unspecified atom stereocenters. The zero-order chi connectivity index (χ0) is 22.4. The van der Waals surface area contributed by atoms with Gasteiger partial charge < -0.3 is 4.81 Å². The highest BCUT2D eigenvalue weighted by Crippen LogP contribution is 2.48. The van der Waals surface area contributed by atoms with Gasteiger partial charge in [0.15, 0.2) is 0 Å².